The highest BCUT2D eigenvalue weighted by atomic mass is 35.5. The molecular weight excluding hydrogens is 1110 g/mol. The normalized spacial score (nSPS) is 15.5. The van der Waals surface area contributed by atoms with Crippen LogP contribution < -0.4 is 20.7 Å². The van der Waals surface area contributed by atoms with Gasteiger partial charge in [-0.05, 0) is 174 Å². The topological polar surface area (TPSA) is 96.5 Å². The standard InChI is InChI=1S/C23H29ClN2O2.C23H29ClN2O.C22H26Cl2N2O/c1-26(2,20-7-5-4-6-8-20)16-17-9-12-19(13-10-17)25-23(27)18-11-14-22(28-3)21(24)15-18;1-17-9-12-19(15-22(17)24)23(27)25-20-13-10-18(11-14-20)16-26(2,3)21-7-5-4-6-8-21;1-26(2,19-6-4-3-5-7-19)15-16-8-11-18(12-9-16)25-22(27)20-14-17(23)10-13-21(20)24/h9-15,20H,4-8,16H2,1-3H3;9-15,21H,4-8,16H2,1-3H3;8-14,19H,3-7,15H2,1-2H3/p+3. The van der Waals surface area contributed by atoms with Crippen molar-refractivity contribution in [2.45, 2.75) is 141 Å². The Kier molecular flexibility index (Phi) is 23.4. The highest BCUT2D eigenvalue weighted by molar-refractivity contribution is 6.36. The lowest BCUT2D eigenvalue weighted by Gasteiger charge is -2.40. The second-order valence-corrected chi connectivity index (χ2v) is 26.2. The van der Waals surface area contributed by atoms with E-state index in [-0.39, 0.29) is 17.7 Å². The first kappa shape index (κ1) is 64.1. The zero-order chi connectivity index (χ0) is 59.0. The molecule has 3 amide bonds. The monoisotopic (exact) mass is 1190 g/mol. The van der Waals surface area contributed by atoms with Crippen LogP contribution in [-0.4, -0.2) is 98.7 Å². The number of benzene rings is 6. The summed E-state index contributed by atoms with van der Waals surface area (Å²) in [6.07, 6.45) is 20.2. The summed E-state index contributed by atoms with van der Waals surface area (Å²) in [5.74, 6) is -0.0200. The average Bonchev–Trinajstić information content (AvgIpc) is 3.55. The molecule has 0 saturated heterocycles. The molecule has 3 fully saturated rings. The maximum Gasteiger partial charge on any atom is 0.257 e. The summed E-state index contributed by atoms with van der Waals surface area (Å²) in [7, 11) is 15.5. The second kappa shape index (κ2) is 29.9. The van der Waals surface area contributed by atoms with Gasteiger partial charge in [0.15, 0.2) is 0 Å². The van der Waals surface area contributed by atoms with Gasteiger partial charge in [0, 0.05) is 54.9 Å². The molecule has 0 radical (unpaired) electrons. The van der Waals surface area contributed by atoms with Crippen molar-refractivity contribution in [2.75, 3.05) is 65.3 Å². The lowest BCUT2D eigenvalue weighted by atomic mass is 9.92. The first-order valence-corrected chi connectivity index (χ1v) is 30.8. The Morgan fingerprint density at radius 1 is 0.427 bits per heavy atom. The number of ether oxygens (including phenoxy) is 1. The fourth-order valence-corrected chi connectivity index (χ4v) is 12.9. The van der Waals surface area contributed by atoms with Crippen molar-refractivity contribution in [3.63, 3.8) is 0 Å². The number of methoxy groups -OCH3 is 1. The third-order valence-corrected chi connectivity index (χ3v) is 18.4. The minimum atomic E-state index is -0.256. The Morgan fingerprint density at radius 3 is 1.13 bits per heavy atom. The van der Waals surface area contributed by atoms with E-state index >= 15 is 0 Å². The van der Waals surface area contributed by atoms with Gasteiger partial charge in [0.25, 0.3) is 17.7 Å². The zero-order valence-electron chi connectivity index (χ0n) is 49.6. The summed E-state index contributed by atoms with van der Waals surface area (Å²) in [5.41, 5.74) is 8.65. The minimum Gasteiger partial charge on any atom is -0.495 e. The molecule has 0 aliphatic heterocycles. The summed E-state index contributed by atoms with van der Waals surface area (Å²) in [6.45, 7) is 4.95. The van der Waals surface area contributed by atoms with E-state index in [1.54, 1.807) is 55.6 Å². The first-order chi connectivity index (χ1) is 39.1. The number of nitrogens with zero attached hydrogens (tertiary/aromatic N) is 3. The maximum atomic E-state index is 12.5. The van der Waals surface area contributed by atoms with Gasteiger partial charge in [-0.1, -0.05) is 108 Å². The maximum absolute atomic E-state index is 12.5. The van der Waals surface area contributed by atoms with E-state index in [1.165, 1.54) is 113 Å². The molecule has 3 aliphatic rings. The van der Waals surface area contributed by atoms with Crippen LogP contribution in [0.3, 0.4) is 0 Å². The lowest BCUT2D eigenvalue weighted by molar-refractivity contribution is -0.929. The molecule has 0 unspecified atom stereocenters. The van der Waals surface area contributed by atoms with E-state index in [9.17, 15) is 14.4 Å². The van der Waals surface area contributed by atoms with Crippen LogP contribution in [0.25, 0.3) is 0 Å². The van der Waals surface area contributed by atoms with Crippen molar-refractivity contribution >= 4 is 81.2 Å². The highest BCUT2D eigenvalue weighted by Crippen LogP contribution is 2.32. The number of carbonyl (C=O) groups excluding carboxylic acids is 3. The van der Waals surface area contributed by atoms with Crippen LogP contribution in [0.2, 0.25) is 20.1 Å². The number of amides is 3. The minimum absolute atomic E-state index is 0.136. The van der Waals surface area contributed by atoms with Gasteiger partial charge in [0.05, 0.1) is 83.1 Å². The Hall–Kier alpha value is -5.43. The van der Waals surface area contributed by atoms with Crippen molar-refractivity contribution in [1.29, 1.82) is 0 Å². The number of hydrogen-bond donors (Lipinski definition) is 3. The Balaban J connectivity index is 0.000000177. The van der Waals surface area contributed by atoms with Gasteiger partial charge in [-0.2, -0.15) is 0 Å². The molecule has 0 heterocycles. The van der Waals surface area contributed by atoms with E-state index < -0.39 is 0 Å². The molecule has 438 valence electrons. The predicted octanol–water partition coefficient (Wildman–Crippen LogP) is 17.5. The number of carbonyl (C=O) groups is 3. The molecule has 82 heavy (non-hydrogen) atoms. The molecule has 3 aliphatic carbocycles. The van der Waals surface area contributed by atoms with Crippen LogP contribution >= 0.6 is 46.4 Å². The highest BCUT2D eigenvalue weighted by Gasteiger charge is 2.32. The SMILES string of the molecule is COc1ccc(C(=O)Nc2ccc(C[N+](C)(C)C3CCCCC3)cc2)cc1Cl.C[N+](C)(Cc1ccc(NC(=O)c2cc(Cl)ccc2Cl)cc1)C1CCCCC1.Cc1ccc(C(=O)Nc2ccc(C[N+](C)(C)C3CCCCC3)cc2)cc1Cl. The van der Waals surface area contributed by atoms with Crippen LogP contribution in [0.5, 0.6) is 5.75 Å². The van der Waals surface area contributed by atoms with E-state index in [1.807, 2.05) is 49.4 Å². The molecule has 0 bridgehead atoms. The Morgan fingerprint density at radius 2 is 0.780 bits per heavy atom. The van der Waals surface area contributed by atoms with E-state index in [2.05, 4.69) is 94.6 Å². The third-order valence-electron chi connectivity index (χ3n) is 17.1. The van der Waals surface area contributed by atoms with Gasteiger partial charge in [-0.3, -0.25) is 14.4 Å². The van der Waals surface area contributed by atoms with Gasteiger partial charge >= 0.3 is 0 Å². The Bertz CT molecular complexity index is 3060. The van der Waals surface area contributed by atoms with Crippen LogP contribution in [0.4, 0.5) is 17.1 Å². The van der Waals surface area contributed by atoms with Crippen LogP contribution in [-0.2, 0) is 19.6 Å². The van der Waals surface area contributed by atoms with Crippen LogP contribution in [0.15, 0.2) is 127 Å². The van der Waals surface area contributed by atoms with Crippen molar-refractivity contribution in [1.82, 2.24) is 0 Å². The van der Waals surface area contributed by atoms with E-state index in [0.29, 0.717) is 42.5 Å². The molecule has 3 N–H and O–H groups in total. The lowest BCUT2D eigenvalue weighted by Crippen LogP contribution is -2.48. The number of rotatable bonds is 16. The largest absolute Gasteiger partial charge is 0.495 e. The molecule has 3 saturated carbocycles. The van der Waals surface area contributed by atoms with Gasteiger partial charge in [-0.15, -0.1) is 0 Å². The van der Waals surface area contributed by atoms with Crippen LogP contribution in [0.1, 0.15) is 150 Å². The van der Waals surface area contributed by atoms with Crippen molar-refractivity contribution < 1.29 is 32.6 Å². The molecule has 0 atom stereocenters. The molecular formula is C68H87Cl4N6O4+3. The van der Waals surface area contributed by atoms with Crippen LogP contribution in [0, 0.1) is 6.92 Å². The zero-order valence-corrected chi connectivity index (χ0v) is 52.6. The summed E-state index contributed by atoms with van der Waals surface area (Å²) >= 11 is 24.3. The molecule has 0 aromatic heterocycles. The number of anilines is 3. The number of nitrogens with one attached hydrogen (secondary N) is 3. The summed E-state index contributed by atoms with van der Waals surface area (Å²) in [6, 6.07) is 42.0. The number of hydrogen-bond acceptors (Lipinski definition) is 4. The van der Waals surface area contributed by atoms with Crippen molar-refractivity contribution in [2.24, 2.45) is 0 Å². The molecule has 0 spiro atoms. The molecule has 6 aromatic rings. The average molecular weight is 1190 g/mol. The van der Waals surface area contributed by atoms with Crippen molar-refractivity contribution in [3.8, 4) is 5.75 Å². The smallest absolute Gasteiger partial charge is 0.257 e. The van der Waals surface area contributed by atoms with Crippen molar-refractivity contribution in [3.05, 3.63) is 186 Å². The van der Waals surface area contributed by atoms with Gasteiger partial charge < -0.3 is 34.1 Å². The van der Waals surface area contributed by atoms with Gasteiger partial charge in [0.1, 0.15) is 25.4 Å². The third kappa shape index (κ3) is 18.8. The van der Waals surface area contributed by atoms with Gasteiger partial charge in [-0.25, -0.2) is 0 Å². The fourth-order valence-electron chi connectivity index (χ4n) is 12.0. The molecule has 10 nitrogen and oxygen atoms in total. The summed E-state index contributed by atoms with van der Waals surface area (Å²) in [4.78, 5) is 37.3. The number of aryl methyl sites for hydroxylation is 1. The molecule has 9 rings (SSSR count). The number of halogens is 4. The first-order valence-electron chi connectivity index (χ1n) is 29.3. The van der Waals surface area contributed by atoms with Gasteiger partial charge in [0.2, 0.25) is 0 Å². The predicted molar refractivity (Wildman–Crippen MR) is 342 cm³/mol. The quantitative estimate of drug-likeness (QED) is 0.0841. The van der Waals surface area contributed by atoms with E-state index in [0.717, 1.165) is 73.8 Å². The number of quaternary nitrogens is 3. The summed E-state index contributed by atoms with van der Waals surface area (Å²) < 4.78 is 8.21. The summed E-state index contributed by atoms with van der Waals surface area (Å²) in [5, 5.41) is 10.7. The molecule has 14 heteroatoms. The van der Waals surface area contributed by atoms with E-state index in [4.69, 9.17) is 51.1 Å². The Labute approximate surface area is 509 Å². The fraction of sp³-hybridized carbons (Fsp3) is 0.426. The second-order valence-electron chi connectivity index (χ2n) is 24.6. The molecule has 6 aromatic carbocycles.